The third-order valence-corrected chi connectivity index (χ3v) is 6.41. The van der Waals surface area contributed by atoms with Gasteiger partial charge in [-0.15, -0.1) is 0 Å². The van der Waals surface area contributed by atoms with Gasteiger partial charge < -0.3 is 25.8 Å². The van der Waals surface area contributed by atoms with Gasteiger partial charge in [-0.05, 0) is 62.2 Å². The molecule has 2 aromatic carbocycles. The van der Waals surface area contributed by atoms with Crippen LogP contribution in [0.25, 0.3) is 0 Å². The first kappa shape index (κ1) is 26.4. The Hall–Kier alpha value is -3.20. The van der Waals surface area contributed by atoms with Crippen LogP contribution in [0.1, 0.15) is 44.0 Å². The highest BCUT2D eigenvalue weighted by Crippen LogP contribution is 2.29. The van der Waals surface area contributed by atoms with Gasteiger partial charge in [0.1, 0.15) is 11.6 Å². The van der Waals surface area contributed by atoms with Crippen LogP contribution in [0.15, 0.2) is 36.4 Å². The minimum atomic E-state index is -0.872. The number of urea groups is 1. The van der Waals surface area contributed by atoms with Gasteiger partial charge in [-0.25, -0.2) is 13.6 Å². The molecular formula is C26H35F2N5O2. The van der Waals surface area contributed by atoms with E-state index in [0.29, 0.717) is 29.8 Å². The molecule has 1 saturated heterocycles. The van der Waals surface area contributed by atoms with Crippen molar-refractivity contribution in [3.8, 4) is 0 Å². The molecule has 0 aromatic heterocycles. The lowest BCUT2D eigenvalue weighted by atomic mass is 9.98. The van der Waals surface area contributed by atoms with E-state index in [4.69, 9.17) is 0 Å². The maximum Gasteiger partial charge on any atom is 0.323 e. The van der Waals surface area contributed by atoms with Crippen molar-refractivity contribution in [3.05, 3.63) is 53.6 Å². The normalized spacial score (nSPS) is 14.2. The monoisotopic (exact) mass is 487 g/mol. The molecule has 3 rings (SSSR count). The van der Waals surface area contributed by atoms with Gasteiger partial charge in [-0.3, -0.25) is 4.79 Å². The molecule has 9 heteroatoms. The van der Waals surface area contributed by atoms with Crippen molar-refractivity contribution in [2.75, 3.05) is 54.8 Å². The summed E-state index contributed by atoms with van der Waals surface area (Å²) in [7, 11) is 0. The van der Waals surface area contributed by atoms with E-state index in [1.807, 2.05) is 6.07 Å². The number of benzene rings is 2. The molecule has 35 heavy (non-hydrogen) atoms. The second-order valence-corrected chi connectivity index (χ2v) is 8.89. The van der Waals surface area contributed by atoms with Gasteiger partial charge in [0.2, 0.25) is 0 Å². The lowest BCUT2D eigenvalue weighted by Gasteiger charge is -2.33. The quantitative estimate of drug-likeness (QED) is 0.470. The number of carbonyl (C=O) groups excluding carboxylic acids is 2. The van der Waals surface area contributed by atoms with Crippen LogP contribution >= 0.6 is 0 Å². The third kappa shape index (κ3) is 7.39. The van der Waals surface area contributed by atoms with E-state index in [0.717, 1.165) is 63.4 Å². The van der Waals surface area contributed by atoms with E-state index in [1.165, 1.54) is 0 Å². The van der Waals surface area contributed by atoms with Crippen LogP contribution in [0.5, 0.6) is 0 Å². The van der Waals surface area contributed by atoms with Gasteiger partial charge in [0.25, 0.3) is 5.91 Å². The fraction of sp³-hybridized carbons (Fsp3) is 0.462. The minimum Gasteiger partial charge on any atom is -0.371 e. The summed E-state index contributed by atoms with van der Waals surface area (Å²) in [6.07, 6.45) is 2.10. The number of piperidine rings is 1. The highest BCUT2D eigenvalue weighted by atomic mass is 19.1. The number of likely N-dealkylation sites (N-methyl/N-ethyl adjacent to an activating group) is 1. The molecule has 2 aromatic rings. The average Bonchev–Trinajstić information content (AvgIpc) is 2.84. The first-order valence-corrected chi connectivity index (χ1v) is 12.2. The van der Waals surface area contributed by atoms with E-state index in [9.17, 15) is 18.4 Å². The maximum absolute atomic E-state index is 13.9. The molecule has 0 bridgehead atoms. The van der Waals surface area contributed by atoms with Crippen molar-refractivity contribution < 1.29 is 18.4 Å². The van der Waals surface area contributed by atoms with Gasteiger partial charge in [0.05, 0.1) is 11.3 Å². The zero-order chi connectivity index (χ0) is 25.4. The van der Waals surface area contributed by atoms with Gasteiger partial charge in [0.15, 0.2) is 0 Å². The van der Waals surface area contributed by atoms with Gasteiger partial charge in [0, 0.05) is 43.6 Å². The zero-order valence-electron chi connectivity index (χ0n) is 20.7. The number of rotatable bonds is 9. The van der Waals surface area contributed by atoms with E-state index >= 15 is 0 Å². The fourth-order valence-corrected chi connectivity index (χ4v) is 4.16. The summed E-state index contributed by atoms with van der Waals surface area (Å²) >= 11 is 0. The zero-order valence-corrected chi connectivity index (χ0v) is 20.7. The van der Waals surface area contributed by atoms with E-state index in [-0.39, 0.29) is 11.6 Å². The lowest BCUT2D eigenvalue weighted by molar-refractivity contribution is 0.0949. The van der Waals surface area contributed by atoms with Crippen molar-refractivity contribution in [2.24, 2.45) is 5.92 Å². The lowest BCUT2D eigenvalue weighted by Crippen LogP contribution is -2.37. The number of carbonyl (C=O) groups is 2. The molecule has 1 aliphatic rings. The van der Waals surface area contributed by atoms with Crippen LogP contribution in [-0.2, 0) is 0 Å². The first-order chi connectivity index (χ1) is 16.8. The topological polar surface area (TPSA) is 76.7 Å². The molecular weight excluding hydrogens is 452 g/mol. The maximum atomic E-state index is 13.9. The van der Waals surface area contributed by atoms with Crippen LogP contribution in [0.4, 0.5) is 30.6 Å². The Bertz CT molecular complexity index is 1020. The summed E-state index contributed by atoms with van der Waals surface area (Å²) in [4.78, 5) is 30.0. The van der Waals surface area contributed by atoms with Crippen LogP contribution in [0, 0.1) is 17.6 Å². The molecule has 0 aliphatic carbocycles. The summed E-state index contributed by atoms with van der Waals surface area (Å²) < 4.78 is 27.0. The molecule has 0 saturated carbocycles. The van der Waals surface area contributed by atoms with Gasteiger partial charge in [-0.2, -0.15) is 0 Å². The predicted octanol–water partition coefficient (Wildman–Crippen LogP) is 4.92. The first-order valence-electron chi connectivity index (χ1n) is 12.2. The highest BCUT2D eigenvalue weighted by Gasteiger charge is 2.22. The Morgan fingerprint density at radius 3 is 2.40 bits per heavy atom. The van der Waals surface area contributed by atoms with Gasteiger partial charge in [-0.1, -0.05) is 20.8 Å². The van der Waals surface area contributed by atoms with Gasteiger partial charge >= 0.3 is 6.03 Å². The number of hydrogen-bond donors (Lipinski definition) is 3. The summed E-state index contributed by atoms with van der Waals surface area (Å²) in [5.41, 5.74) is 1.56. The number of amides is 3. The summed E-state index contributed by atoms with van der Waals surface area (Å²) in [5, 5.41) is 8.01. The summed E-state index contributed by atoms with van der Waals surface area (Å²) in [5.74, 6) is -1.16. The van der Waals surface area contributed by atoms with Crippen molar-refractivity contribution in [2.45, 2.75) is 33.6 Å². The smallest absolute Gasteiger partial charge is 0.323 e. The third-order valence-electron chi connectivity index (χ3n) is 6.41. The molecule has 190 valence electrons. The molecule has 3 amide bonds. The summed E-state index contributed by atoms with van der Waals surface area (Å²) in [6, 6.07) is 7.42. The van der Waals surface area contributed by atoms with Crippen LogP contribution < -0.4 is 20.9 Å². The standard InChI is InChI=1S/C26H35F2N5O2/c1-4-32(5-2)15-12-29-25(34)21-17-20(7-9-24(21)33-13-10-18(3)11-14-33)30-26(35)31-23-8-6-19(27)16-22(23)28/h6-9,16-18H,4-5,10-15H2,1-3H3,(H,29,34)(H2,30,31,35). The Morgan fingerprint density at radius 2 is 1.74 bits per heavy atom. The Morgan fingerprint density at radius 1 is 1.03 bits per heavy atom. The number of anilines is 3. The van der Waals surface area contributed by atoms with E-state index in [1.54, 1.807) is 12.1 Å². The molecule has 1 fully saturated rings. The fourth-order valence-electron chi connectivity index (χ4n) is 4.16. The van der Waals surface area contributed by atoms with Crippen LogP contribution in [-0.4, -0.2) is 56.1 Å². The summed E-state index contributed by atoms with van der Waals surface area (Å²) in [6.45, 7) is 11.2. The molecule has 7 nitrogen and oxygen atoms in total. The largest absolute Gasteiger partial charge is 0.371 e. The van der Waals surface area contributed by atoms with Crippen molar-refractivity contribution in [1.29, 1.82) is 0 Å². The number of halogens is 2. The van der Waals surface area contributed by atoms with Crippen LogP contribution in [0.2, 0.25) is 0 Å². The predicted molar refractivity (Wildman–Crippen MR) is 136 cm³/mol. The average molecular weight is 488 g/mol. The van der Waals surface area contributed by atoms with Crippen LogP contribution in [0.3, 0.4) is 0 Å². The molecule has 0 spiro atoms. The number of hydrogen-bond acceptors (Lipinski definition) is 4. The molecule has 0 radical (unpaired) electrons. The molecule has 0 unspecified atom stereocenters. The Balaban J connectivity index is 1.76. The van der Waals surface area contributed by atoms with E-state index in [2.05, 4.69) is 46.5 Å². The minimum absolute atomic E-state index is 0.141. The number of nitrogens with zero attached hydrogens (tertiary/aromatic N) is 2. The molecule has 1 heterocycles. The SMILES string of the molecule is CCN(CC)CCNC(=O)c1cc(NC(=O)Nc2ccc(F)cc2F)ccc1N1CCC(C)CC1. The molecule has 3 N–H and O–H groups in total. The molecule has 1 aliphatic heterocycles. The van der Waals surface area contributed by atoms with Crippen molar-refractivity contribution in [3.63, 3.8) is 0 Å². The second-order valence-electron chi connectivity index (χ2n) is 8.89. The Kier molecular flexibility index (Phi) is 9.42. The molecule has 0 atom stereocenters. The second kappa shape index (κ2) is 12.5. The Labute approximate surface area is 205 Å². The van der Waals surface area contributed by atoms with Crippen molar-refractivity contribution in [1.82, 2.24) is 10.2 Å². The van der Waals surface area contributed by atoms with Crippen molar-refractivity contribution >= 4 is 29.0 Å². The highest BCUT2D eigenvalue weighted by molar-refractivity contribution is 6.04. The number of nitrogens with one attached hydrogen (secondary N) is 3. The van der Waals surface area contributed by atoms with E-state index < -0.39 is 17.7 Å².